The van der Waals surface area contributed by atoms with Gasteiger partial charge in [-0.15, -0.1) is 0 Å². The summed E-state index contributed by atoms with van der Waals surface area (Å²) in [5, 5.41) is 6.60. The highest BCUT2D eigenvalue weighted by molar-refractivity contribution is 7.08. The largest absolute Gasteiger partial charge is 0.322 e. The number of hydrogen-bond donors (Lipinski definition) is 1. The Bertz CT molecular complexity index is 1140. The molecule has 0 aliphatic carbocycles. The average Bonchev–Trinajstić information content (AvgIpc) is 3.34. The third-order valence-electron chi connectivity index (χ3n) is 5.58. The minimum atomic E-state index is -0.586. The summed E-state index contributed by atoms with van der Waals surface area (Å²) >= 11 is 1.65. The van der Waals surface area contributed by atoms with Gasteiger partial charge in [0.1, 0.15) is 6.04 Å². The number of thiophene rings is 1. The number of carbonyl (C=O) groups excluding carboxylic acids is 3. The van der Waals surface area contributed by atoms with Crippen molar-refractivity contribution in [1.82, 2.24) is 10.2 Å². The summed E-state index contributed by atoms with van der Waals surface area (Å²) in [5.41, 5.74) is 6.07. The maximum atomic E-state index is 12.9. The van der Waals surface area contributed by atoms with Crippen molar-refractivity contribution < 1.29 is 14.4 Å². The summed E-state index contributed by atoms with van der Waals surface area (Å²) in [6, 6.07) is 15.5. The van der Waals surface area contributed by atoms with Crippen LogP contribution in [-0.2, 0) is 16.1 Å². The average molecular weight is 402 g/mol. The van der Waals surface area contributed by atoms with Gasteiger partial charge in [-0.2, -0.15) is 11.3 Å². The quantitative estimate of drug-likeness (QED) is 0.677. The van der Waals surface area contributed by atoms with Crippen LogP contribution in [0, 0.1) is 0 Å². The number of hydrogen-bond acceptors (Lipinski definition) is 4. The monoisotopic (exact) mass is 402 g/mol. The van der Waals surface area contributed by atoms with Gasteiger partial charge in [0.05, 0.1) is 0 Å². The molecule has 29 heavy (non-hydrogen) atoms. The highest BCUT2D eigenvalue weighted by atomic mass is 32.1. The summed E-state index contributed by atoms with van der Waals surface area (Å²) in [4.78, 5) is 38.1. The SMILES string of the molecule is O=C1CCC(N2Cc3cc(-c4cscc4-c4ccccc4)ccc3C2=O)C(=O)N1. The highest BCUT2D eigenvalue weighted by Gasteiger charge is 2.39. The first kappa shape index (κ1) is 17.8. The predicted octanol–water partition coefficient (Wildman–Crippen LogP) is 3.84. The van der Waals surface area contributed by atoms with Crippen molar-refractivity contribution in [2.45, 2.75) is 25.4 Å². The molecule has 1 N–H and O–H groups in total. The first-order valence-corrected chi connectivity index (χ1v) is 10.5. The zero-order valence-corrected chi connectivity index (χ0v) is 16.4. The second-order valence-corrected chi connectivity index (χ2v) is 8.08. The Morgan fingerprint density at radius 3 is 2.41 bits per heavy atom. The molecule has 3 heterocycles. The Morgan fingerprint density at radius 1 is 0.897 bits per heavy atom. The van der Waals surface area contributed by atoms with Crippen molar-refractivity contribution in [3.63, 3.8) is 0 Å². The highest BCUT2D eigenvalue weighted by Crippen LogP contribution is 2.37. The van der Waals surface area contributed by atoms with Crippen molar-refractivity contribution >= 4 is 29.1 Å². The molecule has 2 aliphatic rings. The van der Waals surface area contributed by atoms with Crippen molar-refractivity contribution in [2.24, 2.45) is 0 Å². The van der Waals surface area contributed by atoms with Crippen molar-refractivity contribution in [2.75, 3.05) is 0 Å². The lowest BCUT2D eigenvalue weighted by Gasteiger charge is -2.29. The molecule has 0 bridgehead atoms. The molecule has 5 nitrogen and oxygen atoms in total. The predicted molar refractivity (Wildman–Crippen MR) is 111 cm³/mol. The van der Waals surface area contributed by atoms with E-state index in [1.807, 2.05) is 36.4 Å². The Morgan fingerprint density at radius 2 is 1.66 bits per heavy atom. The standard InChI is InChI=1S/C23H18N2O3S/c26-21-9-8-20(22(27)24-21)25-11-16-10-15(6-7-17(16)23(25)28)19-13-29-12-18(19)14-4-2-1-3-5-14/h1-7,10,12-13,20H,8-9,11H2,(H,24,26,27). The van der Waals surface area contributed by atoms with Crippen LogP contribution < -0.4 is 5.32 Å². The Labute approximate surface area is 172 Å². The van der Waals surface area contributed by atoms with Crippen LogP contribution in [0.4, 0.5) is 0 Å². The Kier molecular flexibility index (Phi) is 4.28. The van der Waals surface area contributed by atoms with E-state index in [9.17, 15) is 14.4 Å². The summed E-state index contributed by atoms with van der Waals surface area (Å²) < 4.78 is 0. The Hall–Kier alpha value is -3.25. The third-order valence-corrected chi connectivity index (χ3v) is 6.32. The third kappa shape index (κ3) is 3.06. The lowest BCUT2D eigenvalue weighted by molar-refractivity contribution is -0.136. The molecular formula is C23H18N2O3S. The van der Waals surface area contributed by atoms with Gasteiger partial charge < -0.3 is 4.90 Å². The number of imide groups is 1. The molecule has 3 amide bonds. The van der Waals surface area contributed by atoms with Gasteiger partial charge in [0.15, 0.2) is 0 Å². The smallest absolute Gasteiger partial charge is 0.255 e. The van der Waals surface area contributed by atoms with Crippen LogP contribution in [0.1, 0.15) is 28.8 Å². The molecule has 2 aromatic carbocycles. The lowest BCUT2D eigenvalue weighted by atomic mass is 9.96. The molecule has 1 fully saturated rings. The zero-order chi connectivity index (χ0) is 20.0. The number of amides is 3. The van der Waals surface area contributed by atoms with E-state index < -0.39 is 6.04 Å². The fourth-order valence-corrected chi connectivity index (χ4v) is 4.97. The van der Waals surface area contributed by atoms with Crippen molar-refractivity contribution in [1.29, 1.82) is 0 Å². The van der Waals surface area contributed by atoms with Crippen LogP contribution in [0.25, 0.3) is 22.3 Å². The molecular weight excluding hydrogens is 384 g/mol. The van der Waals surface area contributed by atoms with E-state index >= 15 is 0 Å². The molecule has 1 saturated heterocycles. The molecule has 0 radical (unpaired) electrons. The minimum absolute atomic E-state index is 0.144. The van der Waals surface area contributed by atoms with Gasteiger partial charge in [0, 0.05) is 29.7 Å². The van der Waals surface area contributed by atoms with E-state index in [0.717, 1.165) is 22.3 Å². The van der Waals surface area contributed by atoms with E-state index in [4.69, 9.17) is 0 Å². The van der Waals surface area contributed by atoms with Gasteiger partial charge in [0.25, 0.3) is 5.91 Å². The Balaban J connectivity index is 1.47. The molecule has 5 rings (SSSR count). The molecule has 1 unspecified atom stereocenters. The number of nitrogens with zero attached hydrogens (tertiary/aromatic N) is 1. The van der Waals surface area contributed by atoms with Crippen LogP contribution in [-0.4, -0.2) is 28.7 Å². The van der Waals surface area contributed by atoms with Crippen LogP contribution in [0.3, 0.4) is 0 Å². The summed E-state index contributed by atoms with van der Waals surface area (Å²) in [5.74, 6) is -0.801. The first-order valence-electron chi connectivity index (χ1n) is 9.51. The molecule has 144 valence electrons. The number of piperidine rings is 1. The zero-order valence-electron chi connectivity index (χ0n) is 15.6. The van der Waals surface area contributed by atoms with E-state index in [1.165, 1.54) is 5.56 Å². The molecule has 1 atom stereocenters. The lowest BCUT2D eigenvalue weighted by Crippen LogP contribution is -2.52. The fraction of sp³-hybridized carbons (Fsp3) is 0.174. The summed E-state index contributed by atoms with van der Waals surface area (Å²) in [6.45, 7) is 0.388. The van der Waals surface area contributed by atoms with Crippen LogP contribution >= 0.6 is 11.3 Å². The maximum absolute atomic E-state index is 12.9. The summed E-state index contributed by atoms with van der Waals surface area (Å²) in [6.07, 6.45) is 0.636. The summed E-state index contributed by atoms with van der Waals surface area (Å²) in [7, 11) is 0. The van der Waals surface area contributed by atoms with Gasteiger partial charge in [-0.05, 0) is 46.0 Å². The molecule has 3 aromatic rings. The van der Waals surface area contributed by atoms with Gasteiger partial charge >= 0.3 is 0 Å². The first-order chi connectivity index (χ1) is 14.1. The van der Waals surface area contributed by atoms with Gasteiger partial charge in [-0.1, -0.05) is 36.4 Å². The van der Waals surface area contributed by atoms with Crippen molar-refractivity contribution in [3.8, 4) is 22.3 Å². The van der Waals surface area contributed by atoms with E-state index in [0.29, 0.717) is 18.5 Å². The molecule has 1 aromatic heterocycles. The molecule has 6 heteroatoms. The van der Waals surface area contributed by atoms with Crippen molar-refractivity contribution in [3.05, 3.63) is 70.4 Å². The number of fused-ring (bicyclic) bond motifs is 1. The van der Waals surface area contributed by atoms with Gasteiger partial charge in [0.2, 0.25) is 11.8 Å². The fourth-order valence-electron chi connectivity index (χ4n) is 4.10. The minimum Gasteiger partial charge on any atom is -0.322 e. The van der Waals surface area contributed by atoms with Crippen LogP contribution in [0.5, 0.6) is 0 Å². The second kappa shape index (κ2) is 6.97. The molecule has 0 spiro atoms. The molecule has 2 aliphatic heterocycles. The van der Waals surface area contributed by atoms with Crippen LogP contribution in [0.2, 0.25) is 0 Å². The van der Waals surface area contributed by atoms with Crippen LogP contribution in [0.15, 0.2) is 59.3 Å². The number of carbonyl (C=O) groups is 3. The number of benzene rings is 2. The van der Waals surface area contributed by atoms with E-state index in [-0.39, 0.29) is 24.1 Å². The topological polar surface area (TPSA) is 66.5 Å². The number of rotatable bonds is 3. The molecule has 0 saturated carbocycles. The van der Waals surface area contributed by atoms with E-state index in [2.05, 4.69) is 28.2 Å². The van der Waals surface area contributed by atoms with E-state index in [1.54, 1.807) is 16.2 Å². The second-order valence-electron chi connectivity index (χ2n) is 7.34. The van der Waals surface area contributed by atoms with Gasteiger partial charge in [-0.3, -0.25) is 19.7 Å². The normalized spacial score (nSPS) is 18.7. The van der Waals surface area contributed by atoms with Gasteiger partial charge in [-0.25, -0.2) is 0 Å². The number of nitrogens with one attached hydrogen (secondary N) is 1. The maximum Gasteiger partial charge on any atom is 0.255 e.